The van der Waals surface area contributed by atoms with Crippen LogP contribution >= 0.6 is 0 Å². The standard InChI is InChI=1S/C18H30O2/c1-6-11-8-12(7-2)16-14-9-13(15(11)16)10(3)18(14,4)17(19)20-5/h10-16H,6-9H2,1-5H3. The van der Waals surface area contributed by atoms with Crippen LogP contribution in [-0.2, 0) is 9.53 Å². The lowest BCUT2D eigenvalue weighted by Gasteiger charge is -2.45. The van der Waals surface area contributed by atoms with Crippen LogP contribution in [-0.4, -0.2) is 13.1 Å². The highest BCUT2D eigenvalue weighted by Crippen LogP contribution is 2.71. The molecule has 8 atom stereocenters. The summed E-state index contributed by atoms with van der Waals surface area (Å²) in [6.45, 7) is 9.20. The van der Waals surface area contributed by atoms with Gasteiger partial charge in [-0.1, -0.05) is 33.6 Å². The fourth-order valence-corrected chi connectivity index (χ4v) is 6.57. The number of esters is 1. The second-order valence-corrected chi connectivity index (χ2v) is 7.80. The normalized spacial score (nSPS) is 53.1. The summed E-state index contributed by atoms with van der Waals surface area (Å²) in [4.78, 5) is 12.4. The smallest absolute Gasteiger partial charge is 0.312 e. The molecule has 2 nitrogen and oxygen atoms in total. The summed E-state index contributed by atoms with van der Waals surface area (Å²) in [5.74, 6) is 5.30. The van der Waals surface area contributed by atoms with Crippen molar-refractivity contribution in [3.8, 4) is 0 Å². The van der Waals surface area contributed by atoms with Gasteiger partial charge in [-0.15, -0.1) is 0 Å². The van der Waals surface area contributed by atoms with Gasteiger partial charge >= 0.3 is 5.97 Å². The number of ether oxygens (including phenoxy) is 1. The second-order valence-electron chi connectivity index (χ2n) is 7.80. The van der Waals surface area contributed by atoms with Gasteiger partial charge in [-0.05, 0) is 61.2 Å². The SMILES string of the molecule is CCC1CC(CC)C2C1C1CC2C(C)(C(=O)OC)C1C. The van der Waals surface area contributed by atoms with Crippen LogP contribution in [0.15, 0.2) is 0 Å². The lowest BCUT2D eigenvalue weighted by molar-refractivity contribution is -0.162. The Morgan fingerprint density at radius 3 is 2.30 bits per heavy atom. The Balaban J connectivity index is 1.96. The highest BCUT2D eigenvalue weighted by Gasteiger charge is 2.69. The molecule has 3 aliphatic rings. The third-order valence-corrected chi connectivity index (χ3v) is 7.66. The van der Waals surface area contributed by atoms with Crippen LogP contribution in [0, 0.1) is 46.8 Å². The maximum absolute atomic E-state index is 12.4. The van der Waals surface area contributed by atoms with Gasteiger partial charge in [0, 0.05) is 0 Å². The van der Waals surface area contributed by atoms with E-state index in [0.29, 0.717) is 11.8 Å². The minimum Gasteiger partial charge on any atom is -0.469 e. The predicted molar refractivity (Wildman–Crippen MR) is 80.0 cm³/mol. The monoisotopic (exact) mass is 278 g/mol. The maximum Gasteiger partial charge on any atom is 0.312 e. The quantitative estimate of drug-likeness (QED) is 0.725. The fourth-order valence-electron chi connectivity index (χ4n) is 6.57. The molecular weight excluding hydrogens is 248 g/mol. The van der Waals surface area contributed by atoms with E-state index < -0.39 is 0 Å². The van der Waals surface area contributed by atoms with E-state index in [1.54, 1.807) is 7.11 Å². The second kappa shape index (κ2) is 4.74. The van der Waals surface area contributed by atoms with Crippen molar-refractivity contribution in [2.75, 3.05) is 7.11 Å². The summed E-state index contributed by atoms with van der Waals surface area (Å²) in [5, 5.41) is 0. The molecule has 0 spiro atoms. The van der Waals surface area contributed by atoms with Crippen molar-refractivity contribution in [2.24, 2.45) is 46.8 Å². The van der Waals surface area contributed by atoms with E-state index in [1.807, 2.05) is 0 Å². The van der Waals surface area contributed by atoms with Crippen LogP contribution in [0.3, 0.4) is 0 Å². The molecule has 0 radical (unpaired) electrons. The zero-order valence-corrected chi connectivity index (χ0v) is 13.7. The van der Waals surface area contributed by atoms with E-state index >= 15 is 0 Å². The molecular formula is C18H30O2. The van der Waals surface area contributed by atoms with E-state index in [4.69, 9.17) is 4.74 Å². The zero-order chi connectivity index (χ0) is 14.7. The highest BCUT2D eigenvalue weighted by atomic mass is 16.5. The summed E-state index contributed by atoms with van der Waals surface area (Å²) in [6.07, 6.45) is 5.28. The molecule has 3 rings (SSSR count). The molecule has 3 aliphatic carbocycles. The Hall–Kier alpha value is -0.530. The van der Waals surface area contributed by atoms with Gasteiger partial charge in [0.2, 0.25) is 0 Å². The van der Waals surface area contributed by atoms with Crippen molar-refractivity contribution in [3.63, 3.8) is 0 Å². The largest absolute Gasteiger partial charge is 0.469 e. The van der Waals surface area contributed by atoms with Crippen molar-refractivity contribution in [3.05, 3.63) is 0 Å². The first-order chi connectivity index (χ1) is 9.50. The summed E-state index contributed by atoms with van der Waals surface area (Å²) in [7, 11) is 1.56. The highest BCUT2D eigenvalue weighted by molar-refractivity contribution is 5.78. The molecule has 2 heteroatoms. The first kappa shape index (κ1) is 14.4. The van der Waals surface area contributed by atoms with Crippen LogP contribution in [0.5, 0.6) is 0 Å². The maximum atomic E-state index is 12.4. The first-order valence-corrected chi connectivity index (χ1v) is 8.58. The van der Waals surface area contributed by atoms with Crippen LogP contribution < -0.4 is 0 Å². The lowest BCUT2D eigenvalue weighted by Crippen LogP contribution is -2.47. The van der Waals surface area contributed by atoms with Crippen molar-refractivity contribution in [1.29, 1.82) is 0 Å². The molecule has 0 aliphatic heterocycles. The molecule has 0 amide bonds. The summed E-state index contributed by atoms with van der Waals surface area (Å²) in [5.41, 5.74) is -0.226. The van der Waals surface area contributed by atoms with Gasteiger partial charge in [-0.25, -0.2) is 0 Å². The molecule has 0 saturated heterocycles. The Bertz CT molecular complexity index is 404. The number of hydrogen-bond acceptors (Lipinski definition) is 2. The molecule has 0 N–H and O–H groups in total. The Morgan fingerprint density at radius 1 is 1.15 bits per heavy atom. The molecule has 0 aromatic heterocycles. The summed E-state index contributed by atoms with van der Waals surface area (Å²) in [6, 6.07) is 0. The number of fused-ring (bicyclic) bond motifs is 5. The Morgan fingerprint density at radius 2 is 1.75 bits per heavy atom. The van der Waals surface area contributed by atoms with Gasteiger partial charge in [0.05, 0.1) is 12.5 Å². The van der Waals surface area contributed by atoms with E-state index in [1.165, 1.54) is 25.7 Å². The summed E-state index contributed by atoms with van der Waals surface area (Å²) >= 11 is 0. The zero-order valence-electron chi connectivity index (χ0n) is 13.7. The molecule has 2 bridgehead atoms. The molecule has 3 saturated carbocycles. The molecule has 114 valence electrons. The minimum absolute atomic E-state index is 0.0470. The lowest BCUT2D eigenvalue weighted by atomic mass is 9.59. The summed E-state index contributed by atoms with van der Waals surface area (Å²) < 4.78 is 5.19. The van der Waals surface area contributed by atoms with Crippen molar-refractivity contribution >= 4 is 5.97 Å². The van der Waals surface area contributed by atoms with Gasteiger partial charge in [-0.2, -0.15) is 0 Å². The number of hydrogen-bond donors (Lipinski definition) is 0. The number of rotatable bonds is 3. The van der Waals surface area contributed by atoms with Gasteiger partial charge in [0.25, 0.3) is 0 Å². The van der Waals surface area contributed by atoms with Crippen LogP contribution in [0.1, 0.15) is 53.4 Å². The van der Waals surface area contributed by atoms with Gasteiger partial charge in [0.15, 0.2) is 0 Å². The van der Waals surface area contributed by atoms with Gasteiger partial charge < -0.3 is 4.74 Å². The molecule has 0 aromatic rings. The van der Waals surface area contributed by atoms with Crippen LogP contribution in [0.4, 0.5) is 0 Å². The fraction of sp³-hybridized carbons (Fsp3) is 0.944. The molecule has 8 unspecified atom stereocenters. The first-order valence-electron chi connectivity index (χ1n) is 8.58. The predicted octanol–water partition coefficient (Wildman–Crippen LogP) is 4.14. The van der Waals surface area contributed by atoms with E-state index in [-0.39, 0.29) is 11.4 Å². The topological polar surface area (TPSA) is 26.3 Å². The number of carbonyl (C=O) groups excluding carboxylic acids is 1. The van der Waals surface area contributed by atoms with Gasteiger partial charge in [0.1, 0.15) is 0 Å². The average molecular weight is 278 g/mol. The molecule has 20 heavy (non-hydrogen) atoms. The Kier molecular flexibility index (Phi) is 3.42. The van der Waals surface area contributed by atoms with E-state index in [2.05, 4.69) is 27.7 Å². The van der Waals surface area contributed by atoms with Crippen molar-refractivity contribution in [2.45, 2.75) is 53.4 Å². The average Bonchev–Trinajstić information content (AvgIpc) is 3.08. The number of methoxy groups -OCH3 is 1. The Labute approximate surface area is 123 Å². The van der Waals surface area contributed by atoms with Crippen LogP contribution in [0.2, 0.25) is 0 Å². The van der Waals surface area contributed by atoms with Crippen molar-refractivity contribution in [1.82, 2.24) is 0 Å². The molecule has 0 aromatic carbocycles. The van der Waals surface area contributed by atoms with Crippen LogP contribution in [0.25, 0.3) is 0 Å². The molecule has 0 heterocycles. The van der Waals surface area contributed by atoms with E-state index in [9.17, 15) is 4.79 Å². The van der Waals surface area contributed by atoms with Crippen molar-refractivity contribution < 1.29 is 9.53 Å². The van der Waals surface area contributed by atoms with Gasteiger partial charge in [-0.3, -0.25) is 4.79 Å². The minimum atomic E-state index is -0.226. The molecule has 3 fully saturated rings. The third kappa shape index (κ3) is 1.54. The number of carbonyl (C=O) groups is 1. The third-order valence-electron chi connectivity index (χ3n) is 7.66. The van der Waals surface area contributed by atoms with E-state index in [0.717, 1.165) is 29.6 Å².